The molecule has 4 rings (SSSR count). The average molecular weight is 381 g/mol. The van der Waals surface area contributed by atoms with Gasteiger partial charge in [-0.3, -0.25) is 0 Å². The zero-order chi connectivity index (χ0) is 18.1. The van der Waals surface area contributed by atoms with Crippen LogP contribution in [-0.4, -0.2) is 62.3 Å². The van der Waals surface area contributed by atoms with Gasteiger partial charge < -0.3 is 18.8 Å². The Hall–Kier alpha value is -2.17. The number of aryl methyl sites for hydroxylation is 1. The first kappa shape index (κ1) is 17.3. The molecule has 0 aliphatic carbocycles. The van der Waals surface area contributed by atoms with Gasteiger partial charge in [-0.2, -0.15) is 4.31 Å². The molecule has 0 saturated carbocycles. The normalized spacial score (nSPS) is 18.8. The zero-order valence-electron chi connectivity index (χ0n) is 14.5. The molecule has 1 saturated heterocycles. The monoisotopic (exact) mass is 381 g/mol. The molecule has 0 unspecified atom stereocenters. The Morgan fingerprint density at radius 3 is 2.54 bits per heavy atom. The summed E-state index contributed by atoms with van der Waals surface area (Å²) in [6.45, 7) is 5.52. The van der Waals surface area contributed by atoms with E-state index in [-0.39, 0.29) is 4.90 Å². The molecule has 1 N–H and O–H groups in total. The molecule has 0 atom stereocenters. The van der Waals surface area contributed by atoms with Crippen molar-refractivity contribution in [3.63, 3.8) is 0 Å². The lowest BCUT2D eigenvalue weighted by molar-refractivity contribution is -0.918. The molecule has 0 spiro atoms. The number of hydrogen-bond donors (Lipinski definition) is 1. The summed E-state index contributed by atoms with van der Waals surface area (Å²) >= 11 is 0. The number of quaternary nitrogens is 1. The number of benzene rings is 1. The van der Waals surface area contributed by atoms with E-state index in [0.29, 0.717) is 69.2 Å². The Morgan fingerprint density at radius 2 is 1.85 bits per heavy atom. The minimum Gasteiger partial charge on any atom is -0.486 e. The molecule has 1 aromatic carbocycles. The maximum Gasteiger partial charge on any atom is 0.271 e. The quantitative estimate of drug-likeness (QED) is 0.743. The highest BCUT2D eigenvalue weighted by molar-refractivity contribution is 7.89. The van der Waals surface area contributed by atoms with Crippen molar-refractivity contribution < 1.29 is 27.2 Å². The number of ether oxygens (including phenoxy) is 2. The highest BCUT2D eigenvalue weighted by Gasteiger charge is 2.32. The third-order valence-corrected chi connectivity index (χ3v) is 6.44. The van der Waals surface area contributed by atoms with Gasteiger partial charge in [0.1, 0.15) is 13.2 Å². The van der Waals surface area contributed by atoms with Crippen molar-refractivity contribution in [3.05, 3.63) is 30.0 Å². The van der Waals surface area contributed by atoms with Gasteiger partial charge in [-0.15, -0.1) is 10.2 Å². The third kappa shape index (κ3) is 3.39. The fourth-order valence-corrected chi connectivity index (χ4v) is 4.63. The summed E-state index contributed by atoms with van der Waals surface area (Å²) in [5, 5.41) is 7.82. The smallest absolute Gasteiger partial charge is 0.271 e. The largest absolute Gasteiger partial charge is 0.486 e. The Balaban J connectivity index is 1.43. The van der Waals surface area contributed by atoms with Crippen molar-refractivity contribution in [1.29, 1.82) is 0 Å². The molecule has 2 aliphatic heterocycles. The van der Waals surface area contributed by atoms with Gasteiger partial charge in [-0.25, -0.2) is 8.42 Å². The van der Waals surface area contributed by atoms with Gasteiger partial charge in [-0.1, -0.05) is 0 Å². The lowest BCUT2D eigenvalue weighted by atomic mass is 10.3. The van der Waals surface area contributed by atoms with Gasteiger partial charge in [0, 0.05) is 13.0 Å². The van der Waals surface area contributed by atoms with Gasteiger partial charge in [0.15, 0.2) is 18.0 Å². The number of aromatic nitrogens is 2. The van der Waals surface area contributed by atoms with Gasteiger partial charge in [0.25, 0.3) is 5.89 Å². The number of nitrogens with zero attached hydrogens (tertiary/aromatic N) is 3. The number of nitrogens with one attached hydrogen (secondary N) is 1. The Kier molecular flexibility index (Phi) is 4.55. The second-order valence-corrected chi connectivity index (χ2v) is 8.29. The van der Waals surface area contributed by atoms with E-state index >= 15 is 0 Å². The number of rotatable bonds is 4. The van der Waals surface area contributed by atoms with Crippen LogP contribution in [0.5, 0.6) is 11.5 Å². The van der Waals surface area contributed by atoms with Crippen LogP contribution in [0.3, 0.4) is 0 Å². The first-order chi connectivity index (χ1) is 12.5. The number of fused-ring (bicyclic) bond motifs is 1. The summed E-state index contributed by atoms with van der Waals surface area (Å²) in [5.74, 6) is 2.19. The molecule has 9 nitrogen and oxygen atoms in total. The van der Waals surface area contributed by atoms with Crippen LogP contribution in [0.4, 0.5) is 0 Å². The molecule has 0 amide bonds. The maximum absolute atomic E-state index is 12.9. The van der Waals surface area contributed by atoms with Crippen LogP contribution in [0.1, 0.15) is 11.8 Å². The summed E-state index contributed by atoms with van der Waals surface area (Å²) < 4.78 is 43.7. The summed E-state index contributed by atoms with van der Waals surface area (Å²) in [4.78, 5) is 1.46. The Morgan fingerprint density at radius 1 is 1.12 bits per heavy atom. The second-order valence-electron chi connectivity index (χ2n) is 6.35. The van der Waals surface area contributed by atoms with Crippen LogP contribution < -0.4 is 14.4 Å². The predicted octanol–water partition coefficient (Wildman–Crippen LogP) is -0.761. The van der Waals surface area contributed by atoms with Gasteiger partial charge >= 0.3 is 0 Å². The van der Waals surface area contributed by atoms with Crippen molar-refractivity contribution in [1.82, 2.24) is 14.5 Å². The molecule has 26 heavy (non-hydrogen) atoms. The molecule has 0 bridgehead atoms. The van der Waals surface area contributed by atoms with Crippen molar-refractivity contribution in [2.75, 3.05) is 39.4 Å². The minimum absolute atomic E-state index is 0.234. The Labute approximate surface area is 151 Å². The van der Waals surface area contributed by atoms with Gasteiger partial charge in [-0.05, 0) is 12.1 Å². The van der Waals surface area contributed by atoms with E-state index in [0.717, 1.165) is 0 Å². The lowest BCUT2D eigenvalue weighted by Gasteiger charge is -2.31. The van der Waals surface area contributed by atoms with E-state index in [2.05, 4.69) is 10.2 Å². The van der Waals surface area contributed by atoms with Crippen LogP contribution in [0.2, 0.25) is 0 Å². The average Bonchev–Trinajstić information content (AvgIpc) is 3.06. The predicted molar refractivity (Wildman–Crippen MR) is 89.6 cm³/mol. The minimum atomic E-state index is -3.55. The highest BCUT2D eigenvalue weighted by Crippen LogP contribution is 2.33. The van der Waals surface area contributed by atoms with Gasteiger partial charge in [0.05, 0.1) is 31.1 Å². The third-order valence-electron chi connectivity index (χ3n) is 4.55. The summed E-state index contributed by atoms with van der Waals surface area (Å²) in [7, 11) is -3.55. The van der Waals surface area contributed by atoms with E-state index in [4.69, 9.17) is 13.9 Å². The Bertz CT molecular complexity index is 890. The molecule has 2 aliphatic rings. The molecule has 2 aromatic rings. The van der Waals surface area contributed by atoms with E-state index in [9.17, 15) is 8.42 Å². The van der Waals surface area contributed by atoms with Crippen molar-refractivity contribution in [2.45, 2.75) is 18.4 Å². The van der Waals surface area contributed by atoms with Crippen molar-refractivity contribution >= 4 is 10.0 Å². The molecule has 3 heterocycles. The van der Waals surface area contributed by atoms with Crippen LogP contribution in [0.25, 0.3) is 0 Å². The standard InChI is InChI=1S/C16H20N4O5S/c1-12-17-18-16(25-12)11-19-4-6-20(7-5-19)26(21,22)13-2-3-14-15(10-13)24-9-8-23-14/h2-3,10H,4-9,11H2,1H3/p+1. The lowest BCUT2D eigenvalue weighted by Crippen LogP contribution is -3.13. The maximum atomic E-state index is 12.9. The van der Waals surface area contributed by atoms with E-state index in [1.54, 1.807) is 25.1 Å². The summed E-state index contributed by atoms with van der Waals surface area (Å²) in [6, 6.07) is 4.77. The highest BCUT2D eigenvalue weighted by atomic mass is 32.2. The summed E-state index contributed by atoms with van der Waals surface area (Å²) in [5.41, 5.74) is 0. The molecule has 1 fully saturated rings. The van der Waals surface area contributed by atoms with Crippen LogP contribution in [-0.2, 0) is 16.6 Å². The van der Waals surface area contributed by atoms with Crippen LogP contribution >= 0.6 is 0 Å². The van der Waals surface area contributed by atoms with E-state index < -0.39 is 10.0 Å². The van der Waals surface area contributed by atoms with Crippen LogP contribution in [0.15, 0.2) is 27.5 Å². The fourth-order valence-electron chi connectivity index (χ4n) is 3.18. The number of piperazine rings is 1. The molecular formula is C16H21N4O5S+. The van der Waals surface area contributed by atoms with Crippen molar-refractivity contribution in [2.24, 2.45) is 0 Å². The van der Waals surface area contributed by atoms with E-state index in [1.165, 1.54) is 9.21 Å². The molecular weight excluding hydrogens is 360 g/mol. The fraction of sp³-hybridized carbons (Fsp3) is 0.500. The first-order valence-corrected chi connectivity index (χ1v) is 9.99. The number of sulfonamides is 1. The van der Waals surface area contributed by atoms with Crippen molar-refractivity contribution in [3.8, 4) is 11.5 Å². The number of hydrogen-bond acceptors (Lipinski definition) is 7. The summed E-state index contributed by atoms with van der Waals surface area (Å²) in [6.07, 6.45) is 0. The van der Waals surface area contributed by atoms with E-state index in [1.807, 2.05) is 0 Å². The van der Waals surface area contributed by atoms with Crippen LogP contribution in [0, 0.1) is 6.92 Å². The second kappa shape index (κ2) is 6.86. The van der Waals surface area contributed by atoms with Gasteiger partial charge in [0.2, 0.25) is 15.9 Å². The molecule has 0 radical (unpaired) electrons. The molecule has 1 aromatic heterocycles. The molecule has 140 valence electrons. The molecule has 10 heteroatoms. The topological polar surface area (TPSA) is 99.2 Å². The SMILES string of the molecule is Cc1nnc(C[NH+]2CCN(S(=O)(=O)c3ccc4c(c3)OCCO4)CC2)o1. The first-order valence-electron chi connectivity index (χ1n) is 8.55. The zero-order valence-corrected chi connectivity index (χ0v) is 15.3.